The molecule has 1 amide bonds. The van der Waals surface area contributed by atoms with Crippen molar-refractivity contribution in [3.8, 4) is 0 Å². The van der Waals surface area contributed by atoms with E-state index in [4.69, 9.17) is 51.8 Å². The Balaban J connectivity index is 2.13. The Hall–Kier alpha value is -1.33. The third-order valence-corrected chi connectivity index (χ3v) is 5.16. The number of rotatable bonds is 5. The summed E-state index contributed by atoms with van der Waals surface area (Å²) in [6, 6.07) is 13.5. The predicted octanol–water partition coefficient (Wildman–Crippen LogP) is 4.49. The van der Waals surface area contributed by atoms with E-state index in [9.17, 15) is 9.59 Å². The number of hydrogen-bond acceptors (Lipinski definition) is 4. The summed E-state index contributed by atoms with van der Waals surface area (Å²) in [5.41, 5.74) is 1.05. The fourth-order valence-electron chi connectivity index (χ4n) is 2.19. The minimum absolute atomic E-state index is 0.0283. The van der Waals surface area contributed by atoms with Crippen LogP contribution in [0.5, 0.6) is 0 Å². The molecular weight excluding hydrogens is 572 g/mol. The van der Waals surface area contributed by atoms with E-state index in [2.05, 4.69) is 38.5 Å². The molecule has 0 saturated carbocycles. The van der Waals surface area contributed by atoms with E-state index in [1.165, 1.54) is 7.11 Å². The first-order valence-electron chi connectivity index (χ1n) is 8.00. The maximum absolute atomic E-state index is 12.5. The Morgan fingerprint density at radius 3 is 2.28 bits per heavy atom. The highest BCUT2D eigenvalue weighted by atomic mass is 127. The molecule has 0 unspecified atom stereocenters. The Kier molecular flexibility index (Phi) is 8.77. The van der Waals surface area contributed by atoms with Crippen molar-refractivity contribution >= 4 is 92.3 Å². The topological polar surface area (TPSA) is 79.5 Å². The van der Waals surface area contributed by atoms with Crippen molar-refractivity contribution in [2.24, 2.45) is 0 Å². The van der Waals surface area contributed by atoms with Crippen molar-refractivity contribution in [2.45, 2.75) is 9.96 Å². The van der Waals surface area contributed by atoms with Gasteiger partial charge in [-0.05, 0) is 71.2 Å². The molecule has 0 spiro atoms. The molecule has 0 bridgehead atoms. The van der Waals surface area contributed by atoms with Gasteiger partial charge in [-0.1, -0.05) is 46.9 Å². The van der Waals surface area contributed by atoms with Gasteiger partial charge in [-0.2, -0.15) is 0 Å². The molecule has 1 atom stereocenters. The third kappa shape index (κ3) is 7.14. The zero-order valence-corrected chi connectivity index (χ0v) is 20.1. The Bertz CT molecular complexity index is 907. The third-order valence-electron chi connectivity index (χ3n) is 3.57. The van der Waals surface area contributed by atoms with Gasteiger partial charge in [-0.3, -0.25) is 4.79 Å². The molecule has 154 valence electrons. The molecule has 0 aliphatic carbocycles. The molecule has 0 fully saturated rings. The number of para-hydroxylation sites is 1. The molecule has 2 aromatic rings. The molecule has 0 saturated heterocycles. The van der Waals surface area contributed by atoms with Gasteiger partial charge in [0.05, 0.1) is 18.4 Å². The van der Waals surface area contributed by atoms with Gasteiger partial charge in [0.2, 0.25) is 3.79 Å². The summed E-state index contributed by atoms with van der Waals surface area (Å²) >= 11 is 25.4. The highest BCUT2D eigenvalue weighted by molar-refractivity contribution is 14.1. The maximum Gasteiger partial charge on any atom is 0.339 e. The van der Waals surface area contributed by atoms with Gasteiger partial charge in [-0.15, -0.1) is 0 Å². The molecule has 3 N–H and O–H groups in total. The first-order chi connectivity index (χ1) is 13.6. The minimum atomic E-state index is -1.91. The van der Waals surface area contributed by atoms with Crippen molar-refractivity contribution in [3.63, 3.8) is 0 Å². The molecule has 0 radical (unpaired) electrons. The molecular formula is C18H15Cl3IN3O3S. The van der Waals surface area contributed by atoms with E-state index < -0.39 is 21.8 Å². The number of nitrogens with one attached hydrogen (secondary N) is 3. The number of methoxy groups -OCH3 is 1. The second-order valence-electron chi connectivity index (χ2n) is 5.59. The Morgan fingerprint density at radius 1 is 1.07 bits per heavy atom. The SMILES string of the molecule is COC(=O)c1ccccc1NC(=S)N[C@@H](NC(=O)c1ccc(I)cc1)C(Cl)(Cl)Cl. The highest BCUT2D eigenvalue weighted by Crippen LogP contribution is 2.29. The zero-order valence-electron chi connectivity index (χ0n) is 14.8. The number of anilines is 1. The van der Waals surface area contributed by atoms with E-state index in [-0.39, 0.29) is 10.7 Å². The second kappa shape index (κ2) is 10.6. The van der Waals surface area contributed by atoms with Crippen LogP contribution in [-0.2, 0) is 4.74 Å². The van der Waals surface area contributed by atoms with Gasteiger partial charge >= 0.3 is 5.97 Å². The van der Waals surface area contributed by atoms with Crippen LogP contribution in [0.1, 0.15) is 20.7 Å². The first-order valence-corrected chi connectivity index (χ1v) is 10.6. The molecule has 11 heteroatoms. The predicted molar refractivity (Wildman–Crippen MR) is 128 cm³/mol. The fraction of sp³-hybridized carbons (Fsp3) is 0.167. The van der Waals surface area contributed by atoms with Gasteiger partial charge < -0.3 is 20.7 Å². The number of alkyl halides is 3. The van der Waals surface area contributed by atoms with Gasteiger partial charge in [0.15, 0.2) is 5.11 Å². The molecule has 0 heterocycles. The van der Waals surface area contributed by atoms with Crippen molar-refractivity contribution in [3.05, 3.63) is 63.2 Å². The van der Waals surface area contributed by atoms with E-state index in [1.54, 1.807) is 48.5 Å². The van der Waals surface area contributed by atoms with Crippen molar-refractivity contribution in [2.75, 3.05) is 12.4 Å². The number of carbonyl (C=O) groups excluding carboxylic acids is 2. The van der Waals surface area contributed by atoms with Gasteiger partial charge in [-0.25, -0.2) is 4.79 Å². The van der Waals surface area contributed by atoms with Crippen molar-refractivity contribution in [1.29, 1.82) is 0 Å². The molecule has 2 rings (SSSR count). The van der Waals surface area contributed by atoms with Crippen molar-refractivity contribution in [1.82, 2.24) is 10.6 Å². The van der Waals surface area contributed by atoms with Crippen LogP contribution in [0.2, 0.25) is 0 Å². The zero-order chi connectivity index (χ0) is 21.6. The van der Waals surface area contributed by atoms with Crippen LogP contribution in [-0.4, -0.2) is 34.1 Å². The molecule has 2 aromatic carbocycles. The normalized spacial score (nSPS) is 11.9. The van der Waals surface area contributed by atoms with Gasteiger partial charge in [0.25, 0.3) is 5.91 Å². The summed E-state index contributed by atoms with van der Waals surface area (Å²) in [5, 5.41) is 8.20. The molecule has 6 nitrogen and oxygen atoms in total. The van der Waals surface area contributed by atoms with Crippen LogP contribution < -0.4 is 16.0 Å². The van der Waals surface area contributed by atoms with Crippen LogP contribution in [0.25, 0.3) is 0 Å². The number of ether oxygens (including phenoxy) is 1. The number of benzene rings is 2. The van der Waals surface area contributed by atoms with E-state index in [0.717, 1.165) is 3.57 Å². The lowest BCUT2D eigenvalue weighted by atomic mass is 10.2. The average Bonchev–Trinajstić information content (AvgIpc) is 2.67. The maximum atomic E-state index is 12.5. The van der Waals surface area contributed by atoms with E-state index in [0.29, 0.717) is 11.3 Å². The van der Waals surface area contributed by atoms with Crippen LogP contribution in [0, 0.1) is 3.57 Å². The summed E-state index contributed by atoms with van der Waals surface area (Å²) in [6.07, 6.45) is -1.15. The lowest BCUT2D eigenvalue weighted by Crippen LogP contribution is -2.56. The van der Waals surface area contributed by atoms with Crippen molar-refractivity contribution < 1.29 is 14.3 Å². The highest BCUT2D eigenvalue weighted by Gasteiger charge is 2.35. The molecule has 0 aliphatic heterocycles. The lowest BCUT2D eigenvalue weighted by Gasteiger charge is -2.28. The largest absolute Gasteiger partial charge is 0.465 e. The number of hydrogen-bond donors (Lipinski definition) is 3. The van der Waals surface area contributed by atoms with E-state index >= 15 is 0 Å². The van der Waals surface area contributed by atoms with E-state index in [1.807, 2.05) is 0 Å². The number of amides is 1. The van der Waals surface area contributed by atoms with Gasteiger partial charge in [0.1, 0.15) is 6.17 Å². The monoisotopic (exact) mass is 585 g/mol. The van der Waals surface area contributed by atoms with Crippen LogP contribution in [0.3, 0.4) is 0 Å². The number of halogens is 4. The molecule has 0 aliphatic rings. The number of thiocarbonyl (C=S) groups is 1. The number of carbonyl (C=O) groups is 2. The second-order valence-corrected chi connectivity index (χ2v) is 9.61. The Labute approximate surface area is 201 Å². The summed E-state index contributed by atoms with van der Waals surface area (Å²) < 4.78 is 3.81. The summed E-state index contributed by atoms with van der Waals surface area (Å²) in [5.74, 6) is -0.996. The Morgan fingerprint density at radius 2 is 1.69 bits per heavy atom. The quantitative estimate of drug-likeness (QED) is 0.158. The van der Waals surface area contributed by atoms with Crippen LogP contribution in [0.15, 0.2) is 48.5 Å². The van der Waals surface area contributed by atoms with Gasteiger partial charge in [0, 0.05) is 9.13 Å². The molecule has 0 aromatic heterocycles. The minimum Gasteiger partial charge on any atom is -0.465 e. The molecule has 29 heavy (non-hydrogen) atoms. The standard InChI is InChI=1S/C18H15Cl3IN3O3S/c1-28-15(27)12-4-2-3-5-13(12)23-17(29)25-16(18(19,20)21)24-14(26)10-6-8-11(22)9-7-10/h2-9,16H,1H3,(H,24,26)(H2,23,25,29)/t16-/m1/s1. The number of esters is 1. The summed E-state index contributed by atoms with van der Waals surface area (Å²) in [4.78, 5) is 24.4. The summed E-state index contributed by atoms with van der Waals surface area (Å²) in [7, 11) is 1.27. The summed E-state index contributed by atoms with van der Waals surface area (Å²) in [6.45, 7) is 0. The van der Waals surface area contributed by atoms with Crippen LogP contribution >= 0.6 is 69.6 Å². The van der Waals surface area contributed by atoms with Crippen LogP contribution in [0.4, 0.5) is 5.69 Å². The lowest BCUT2D eigenvalue weighted by molar-refractivity contribution is 0.0601. The first kappa shape index (κ1) is 23.9. The smallest absolute Gasteiger partial charge is 0.339 e. The fourth-order valence-corrected chi connectivity index (χ4v) is 3.10. The average molecular weight is 587 g/mol.